The first-order chi connectivity index (χ1) is 11.6. The molecular weight excluding hydrogens is 304 g/mol. The van der Waals surface area contributed by atoms with Crippen LogP contribution in [0.2, 0.25) is 0 Å². The van der Waals surface area contributed by atoms with E-state index in [2.05, 4.69) is 28.2 Å². The van der Waals surface area contributed by atoms with Crippen molar-refractivity contribution in [2.45, 2.75) is 18.9 Å². The average molecular weight is 326 g/mol. The number of amides is 1. The van der Waals surface area contributed by atoms with Crippen molar-refractivity contribution < 1.29 is 9.53 Å². The van der Waals surface area contributed by atoms with Crippen LogP contribution in [0.1, 0.15) is 22.6 Å². The predicted molar refractivity (Wildman–Crippen MR) is 89.6 cm³/mol. The molecule has 2 aliphatic heterocycles. The van der Waals surface area contributed by atoms with Crippen LogP contribution in [-0.2, 0) is 24.8 Å². The van der Waals surface area contributed by atoms with Crippen LogP contribution in [0.4, 0.5) is 0 Å². The van der Waals surface area contributed by atoms with Gasteiger partial charge >= 0.3 is 0 Å². The van der Waals surface area contributed by atoms with E-state index in [0.717, 1.165) is 37.4 Å². The largest absolute Gasteiger partial charge is 0.493 e. The quantitative estimate of drug-likeness (QED) is 0.912. The number of nitrogens with two attached hydrogens (primary N) is 1. The molecule has 0 bridgehead atoms. The molecule has 0 saturated carbocycles. The van der Waals surface area contributed by atoms with Gasteiger partial charge in [-0.1, -0.05) is 12.1 Å². The Bertz CT molecular complexity index is 770. The van der Waals surface area contributed by atoms with Crippen LogP contribution in [0.25, 0.3) is 0 Å². The fourth-order valence-corrected chi connectivity index (χ4v) is 3.87. The van der Waals surface area contributed by atoms with Crippen molar-refractivity contribution in [2.24, 2.45) is 18.7 Å². The number of nitrogens with zero attached hydrogens (tertiary/aromatic N) is 3. The molecule has 6 nitrogen and oxygen atoms in total. The van der Waals surface area contributed by atoms with Gasteiger partial charge in [0.25, 0.3) is 0 Å². The first-order valence-corrected chi connectivity index (χ1v) is 8.35. The summed E-state index contributed by atoms with van der Waals surface area (Å²) in [5.74, 6) is 0.734. The second-order valence-corrected chi connectivity index (χ2v) is 6.80. The monoisotopic (exact) mass is 326 g/mol. The van der Waals surface area contributed by atoms with E-state index in [0.29, 0.717) is 6.54 Å². The van der Waals surface area contributed by atoms with Gasteiger partial charge in [0.05, 0.1) is 18.7 Å². The number of rotatable bonds is 4. The number of ether oxygens (including phenoxy) is 1. The fourth-order valence-electron chi connectivity index (χ4n) is 3.87. The topological polar surface area (TPSA) is 73.4 Å². The standard InChI is InChI=1S/C18H22N4O2/c1-21-9-14(7-20-21)15-10-22(11-16(15)18(19)23)8-12-2-3-17-13(6-12)4-5-24-17/h2-3,6-7,9,15-16H,4-5,8,10-11H2,1H3,(H2,19,23). The second-order valence-electron chi connectivity index (χ2n) is 6.80. The summed E-state index contributed by atoms with van der Waals surface area (Å²) in [6.45, 7) is 3.12. The molecule has 4 rings (SSSR count). The van der Waals surface area contributed by atoms with Gasteiger partial charge in [0.2, 0.25) is 5.91 Å². The summed E-state index contributed by atoms with van der Waals surface area (Å²) in [5, 5.41) is 4.24. The normalized spacial score (nSPS) is 23.2. The summed E-state index contributed by atoms with van der Waals surface area (Å²) >= 11 is 0. The molecule has 1 aromatic heterocycles. The Morgan fingerprint density at radius 3 is 3.04 bits per heavy atom. The maximum absolute atomic E-state index is 11.9. The highest BCUT2D eigenvalue weighted by molar-refractivity contribution is 5.78. The van der Waals surface area contributed by atoms with E-state index in [9.17, 15) is 4.79 Å². The second kappa shape index (κ2) is 5.94. The lowest BCUT2D eigenvalue weighted by Crippen LogP contribution is -2.29. The molecule has 1 fully saturated rings. The van der Waals surface area contributed by atoms with E-state index in [1.807, 2.05) is 19.4 Å². The zero-order valence-corrected chi connectivity index (χ0v) is 13.8. The lowest BCUT2D eigenvalue weighted by atomic mass is 9.90. The highest BCUT2D eigenvalue weighted by atomic mass is 16.5. The summed E-state index contributed by atoms with van der Waals surface area (Å²) in [6.07, 6.45) is 4.80. The molecule has 0 aliphatic carbocycles. The maximum atomic E-state index is 11.9. The number of hydrogen-bond acceptors (Lipinski definition) is 4. The van der Waals surface area contributed by atoms with E-state index in [1.54, 1.807) is 4.68 Å². The third-order valence-electron chi connectivity index (χ3n) is 5.07. The number of aromatic nitrogens is 2. The molecule has 1 amide bonds. The molecule has 3 heterocycles. The Labute approximate surface area is 141 Å². The van der Waals surface area contributed by atoms with Gasteiger partial charge in [-0.25, -0.2) is 0 Å². The number of benzene rings is 1. The van der Waals surface area contributed by atoms with Gasteiger partial charge in [-0.15, -0.1) is 0 Å². The number of hydrogen-bond donors (Lipinski definition) is 1. The molecule has 2 aliphatic rings. The minimum absolute atomic E-state index is 0.119. The Morgan fingerprint density at radius 1 is 1.42 bits per heavy atom. The molecule has 24 heavy (non-hydrogen) atoms. The van der Waals surface area contributed by atoms with Crippen LogP contribution in [0.15, 0.2) is 30.6 Å². The molecule has 1 aromatic carbocycles. The molecule has 0 spiro atoms. The van der Waals surface area contributed by atoms with Crippen LogP contribution in [0.5, 0.6) is 5.75 Å². The summed E-state index contributed by atoms with van der Waals surface area (Å²) in [5.41, 5.74) is 9.28. The van der Waals surface area contributed by atoms with Crippen LogP contribution < -0.4 is 10.5 Å². The smallest absolute Gasteiger partial charge is 0.222 e. The molecule has 2 atom stereocenters. The predicted octanol–water partition coefficient (Wildman–Crippen LogP) is 1.06. The first kappa shape index (κ1) is 15.2. The molecule has 2 aromatic rings. The maximum Gasteiger partial charge on any atom is 0.222 e. The molecule has 126 valence electrons. The van der Waals surface area contributed by atoms with Crippen LogP contribution >= 0.6 is 0 Å². The van der Waals surface area contributed by atoms with E-state index in [4.69, 9.17) is 10.5 Å². The Balaban J connectivity index is 1.51. The number of primary amides is 1. The van der Waals surface area contributed by atoms with Gasteiger partial charge in [-0.3, -0.25) is 14.4 Å². The molecule has 2 N–H and O–H groups in total. The molecule has 0 radical (unpaired) electrons. The summed E-state index contributed by atoms with van der Waals surface area (Å²) < 4.78 is 7.34. The summed E-state index contributed by atoms with van der Waals surface area (Å²) in [4.78, 5) is 14.2. The highest BCUT2D eigenvalue weighted by Gasteiger charge is 2.37. The van der Waals surface area contributed by atoms with Crippen molar-refractivity contribution in [3.05, 3.63) is 47.3 Å². The van der Waals surface area contributed by atoms with Crippen molar-refractivity contribution in [1.29, 1.82) is 0 Å². The van der Waals surface area contributed by atoms with Crippen molar-refractivity contribution in [3.8, 4) is 5.75 Å². The highest BCUT2D eigenvalue weighted by Crippen LogP contribution is 2.34. The van der Waals surface area contributed by atoms with Crippen molar-refractivity contribution in [1.82, 2.24) is 14.7 Å². The van der Waals surface area contributed by atoms with E-state index in [1.165, 1.54) is 11.1 Å². The lowest BCUT2D eigenvalue weighted by Gasteiger charge is -2.16. The molecule has 2 unspecified atom stereocenters. The van der Waals surface area contributed by atoms with E-state index < -0.39 is 0 Å². The zero-order valence-electron chi connectivity index (χ0n) is 13.8. The minimum atomic E-state index is -0.228. The number of carbonyl (C=O) groups excluding carboxylic acids is 1. The minimum Gasteiger partial charge on any atom is -0.493 e. The lowest BCUT2D eigenvalue weighted by molar-refractivity contribution is -0.121. The Hall–Kier alpha value is -2.34. The van der Waals surface area contributed by atoms with Gasteiger partial charge in [-0.05, 0) is 22.8 Å². The molecule has 6 heteroatoms. The summed E-state index contributed by atoms with van der Waals surface area (Å²) in [7, 11) is 1.89. The van der Waals surface area contributed by atoms with E-state index >= 15 is 0 Å². The zero-order chi connectivity index (χ0) is 16.7. The third-order valence-corrected chi connectivity index (χ3v) is 5.07. The number of aryl methyl sites for hydroxylation is 1. The van der Waals surface area contributed by atoms with Crippen LogP contribution in [0, 0.1) is 5.92 Å². The SMILES string of the molecule is Cn1cc(C2CN(Cc3ccc4c(c3)CCO4)CC2C(N)=O)cn1. The number of likely N-dealkylation sites (tertiary alicyclic amines) is 1. The number of fused-ring (bicyclic) bond motifs is 1. The van der Waals surface area contributed by atoms with Gasteiger partial charge in [0.15, 0.2) is 0 Å². The van der Waals surface area contributed by atoms with Gasteiger partial charge in [0, 0.05) is 45.2 Å². The van der Waals surface area contributed by atoms with Gasteiger partial charge in [0.1, 0.15) is 5.75 Å². The van der Waals surface area contributed by atoms with Crippen molar-refractivity contribution in [2.75, 3.05) is 19.7 Å². The van der Waals surface area contributed by atoms with E-state index in [-0.39, 0.29) is 17.7 Å². The first-order valence-electron chi connectivity index (χ1n) is 8.35. The average Bonchev–Trinajstić information content (AvgIpc) is 3.25. The number of carbonyl (C=O) groups is 1. The van der Waals surface area contributed by atoms with Crippen LogP contribution in [-0.4, -0.2) is 40.3 Å². The van der Waals surface area contributed by atoms with Crippen molar-refractivity contribution in [3.63, 3.8) is 0 Å². The third kappa shape index (κ3) is 2.78. The van der Waals surface area contributed by atoms with Gasteiger partial charge in [-0.2, -0.15) is 5.10 Å². The van der Waals surface area contributed by atoms with Gasteiger partial charge < -0.3 is 10.5 Å². The summed E-state index contributed by atoms with van der Waals surface area (Å²) in [6, 6.07) is 6.39. The van der Waals surface area contributed by atoms with Crippen molar-refractivity contribution >= 4 is 5.91 Å². The molecular formula is C18H22N4O2. The fraction of sp³-hybridized carbons (Fsp3) is 0.444. The van der Waals surface area contributed by atoms with Crippen LogP contribution in [0.3, 0.4) is 0 Å². The Kier molecular flexibility index (Phi) is 3.76. The molecule has 1 saturated heterocycles. The Morgan fingerprint density at radius 2 is 2.29 bits per heavy atom.